The Balaban J connectivity index is 1.83. The van der Waals surface area contributed by atoms with Gasteiger partial charge >= 0.3 is 0 Å². The number of carbonyl (C=O) groups excluding carboxylic acids is 2. The summed E-state index contributed by atoms with van der Waals surface area (Å²) in [6, 6.07) is 19.7. The summed E-state index contributed by atoms with van der Waals surface area (Å²) < 4.78 is 27.3. The van der Waals surface area contributed by atoms with E-state index in [4.69, 9.17) is 0 Å². The van der Waals surface area contributed by atoms with E-state index in [0.29, 0.717) is 17.1 Å². The molecule has 160 valence electrons. The van der Waals surface area contributed by atoms with Gasteiger partial charge in [0.25, 0.3) is 15.9 Å². The van der Waals surface area contributed by atoms with Crippen molar-refractivity contribution in [1.82, 2.24) is 0 Å². The summed E-state index contributed by atoms with van der Waals surface area (Å²) in [5, 5.41) is 5.36. The summed E-state index contributed by atoms with van der Waals surface area (Å²) >= 11 is 0. The van der Waals surface area contributed by atoms with Gasteiger partial charge in [-0.3, -0.25) is 13.9 Å². The fourth-order valence-electron chi connectivity index (χ4n) is 2.93. The highest BCUT2D eigenvalue weighted by molar-refractivity contribution is 7.92. The third-order valence-electron chi connectivity index (χ3n) is 4.59. The van der Waals surface area contributed by atoms with Crippen LogP contribution in [0.25, 0.3) is 0 Å². The molecule has 0 saturated heterocycles. The van der Waals surface area contributed by atoms with Crippen molar-refractivity contribution in [3.05, 3.63) is 83.9 Å². The van der Waals surface area contributed by atoms with E-state index in [1.807, 2.05) is 19.1 Å². The number of hydrogen-bond acceptors (Lipinski definition) is 4. The van der Waals surface area contributed by atoms with Gasteiger partial charge in [0.15, 0.2) is 0 Å². The maximum atomic E-state index is 13.1. The molecule has 3 rings (SSSR count). The molecule has 7 nitrogen and oxygen atoms in total. The highest BCUT2D eigenvalue weighted by Crippen LogP contribution is 2.23. The van der Waals surface area contributed by atoms with Gasteiger partial charge in [0, 0.05) is 30.9 Å². The first kappa shape index (κ1) is 22.0. The van der Waals surface area contributed by atoms with E-state index < -0.39 is 15.9 Å². The lowest BCUT2D eigenvalue weighted by Gasteiger charge is -2.20. The molecular formula is C23H23N3O4S. The van der Waals surface area contributed by atoms with E-state index in [-0.39, 0.29) is 16.4 Å². The van der Waals surface area contributed by atoms with Gasteiger partial charge in [-0.25, -0.2) is 8.42 Å². The molecule has 2 amide bonds. The molecule has 3 aromatic rings. The molecule has 8 heteroatoms. The van der Waals surface area contributed by atoms with Crippen LogP contribution in [0.3, 0.4) is 0 Å². The van der Waals surface area contributed by atoms with Crippen LogP contribution in [0.5, 0.6) is 0 Å². The molecule has 2 N–H and O–H groups in total. The number of nitrogens with one attached hydrogen (secondary N) is 2. The van der Waals surface area contributed by atoms with Crippen LogP contribution in [-0.2, 0) is 14.8 Å². The predicted molar refractivity (Wildman–Crippen MR) is 122 cm³/mol. The monoisotopic (exact) mass is 437 g/mol. The maximum Gasteiger partial charge on any atom is 0.264 e. The number of carbonyl (C=O) groups is 2. The van der Waals surface area contributed by atoms with Crippen molar-refractivity contribution in [2.75, 3.05) is 22.0 Å². The summed E-state index contributed by atoms with van der Waals surface area (Å²) in [6.07, 6.45) is 0. The highest BCUT2D eigenvalue weighted by atomic mass is 32.2. The minimum atomic E-state index is -3.85. The van der Waals surface area contributed by atoms with Crippen molar-refractivity contribution in [1.29, 1.82) is 0 Å². The second-order valence-corrected chi connectivity index (χ2v) is 9.02. The lowest BCUT2D eigenvalue weighted by molar-refractivity contribution is -0.114. The predicted octanol–water partition coefficient (Wildman–Crippen LogP) is 4.03. The van der Waals surface area contributed by atoms with Gasteiger partial charge < -0.3 is 10.6 Å². The fraction of sp³-hybridized carbons (Fsp3) is 0.130. The molecule has 0 heterocycles. The van der Waals surface area contributed by atoms with Crippen molar-refractivity contribution in [2.24, 2.45) is 0 Å². The largest absolute Gasteiger partial charge is 0.326 e. The van der Waals surface area contributed by atoms with Gasteiger partial charge in [0.05, 0.1) is 10.6 Å². The van der Waals surface area contributed by atoms with E-state index in [9.17, 15) is 18.0 Å². The zero-order valence-corrected chi connectivity index (χ0v) is 18.2. The second-order valence-electron chi connectivity index (χ2n) is 7.05. The molecule has 3 aromatic carbocycles. The smallest absolute Gasteiger partial charge is 0.264 e. The summed E-state index contributed by atoms with van der Waals surface area (Å²) in [5.74, 6) is -0.686. The van der Waals surface area contributed by atoms with E-state index in [1.54, 1.807) is 36.4 Å². The van der Waals surface area contributed by atoms with E-state index in [2.05, 4.69) is 10.6 Å². The number of amides is 2. The van der Waals surface area contributed by atoms with Crippen LogP contribution in [0.2, 0.25) is 0 Å². The topological polar surface area (TPSA) is 95.6 Å². The van der Waals surface area contributed by atoms with Gasteiger partial charge in [0.2, 0.25) is 5.91 Å². The average Bonchev–Trinajstić information content (AvgIpc) is 2.73. The van der Waals surface area contributed by atoms with Gasteiger partial charge in [-0.15, -0.1) is 0 Å². The first-order chi connectivity index (χ1) is 14.7. The number of rotatable bonds is 6. The Bertz CT molecular complexity index is 1220. The number of benzene rings is 3. The van der Waals surface area contributed by atoms with Crippen molar-refractivity contribution in [3.8, 4) is 0 Å². The SMILES string of the molecule is CC(=O)Nc1cccc(NC(=O)c2cccc(S(=O)(=O)N(C)c3ccc(C)cc3)c2)c1. The minimum Gasteiger partial charge on any atom is -0.326 e. The third kappa shape index (κ3) is 5.29. The Kier molecular flexibility index (Phi) is 6.41. The summed E-state index contributed by atoms with van der Waals surface area (Å²) in [5.41, 5.74) is 2.76. The molecule has 0 unspecified atom stereocenters. The Labute approximate surface area is 181 Å². The Morgan fingerprint density at radius 2 is 1.45 bits per heavy atom. The third-order valence-corrected chi connectivity index (χ3v) is 6.37. The van der Waals surface area contributed by atoms with Gasteiger partial charge in [-0.1, -0.05) is 29.8 Å². The number of sulfonamides is 1. The average molecular weight is 438 g/mol. The van der Waals surface area contributed by atoms with Crippen molar-refractivity contribution >= 4 is 38.9 Å². The minimum absolute atomic E-state index is 0.00946. The second kappa shape index (κ2) is 9.01. The molecule has 0 spiro atoms. The zero-order chi connectivity index (χ0) is 22.6. The normalized spacial score (nSPS) is 10.9. The fourth-order valence-corrected chi connectivity index (χ4v) is 4.17. The van der Waals surface area contributed by atoms with Crippen LogP contribution in [0.15, 0.2) is 77.7 Å². The number of aryl methyl sites for hydroxylation is 1. The Morgan fingerprint density at radius 3 is 2.10 bits per heavy atom. The molecule has 0 saturated carbocycles. The van der Waals surface area contributed by atoms with E-state index in [0.717, 1.165) is 5.56 Å². The highest BCUT2D eigenvalue weighted by Gasteiger charge is 2.22. The molecule has 0 aliphatic carbocycles. The molecular weight excluding hydrogens is 414 g/mol. The molecule has 0 atom stereocenters. The number of anilines is 3. The van der Waals surface area contributed by atoms with E-state index >= 15 is 0 Å². The Morgan fingerprint density at radius 1 is 0.839 bits per heavy atom. The van der Waals surface area contributed by atoms with Crippen molar-refractivity contribution < 1.29 is 18.0 Å². The summed E-state index contributed by atoms with van der Waals surface area (Å²) in [6.45, 7) is 3.32. The summed E-state index contributed by atoms with van der Waals surface area (Å²) in [7, 11) is -2.38. The van der Waals surface area contributed by atoms with Crippen molar-refractivity contribution in [3.63, 3.8) is 0 Å². The molecule has 0 radical (unpaired) electrons. The summed E-state index contributed by atoms with van der Waals surface area (Å²) in [4.78, 5) is 23.9. The van der Waals surface area contributed by atoms with Crippen LogP contribution in [0.1, 0.15) is 22.8 Å². The number of nitrogens with zero attached hydrogens (tertiary/aromatic N) is 1. The molecule has 0 fully saturated rings. The molecule has 0 aliphatic rings. The maximum absolute atomic E-state index is 13.1. The van der Waals surface area contributed by atoms with Crippen LogP contribution in [0.4, 0.5) is 17.1 Å². The number of hydrogen-bond donors (Lipinski definition) is 2. The van der Waals surface area contributed by atoms with Gasteiger partial charge in [-0.2, -0.15) is 0 Å². The lowest BCUT2D eigenvalue weighted by Crippen LogP contribution is -2.26. The van der Waals surface area contributed by atoms with Crippen LogP contribution >= 0.6 is 0 Å². The van der Waals surface area contributed by atoms with Crippen LogP contribution in [0, 0.1) is 6.92 Å². The van der Waals surface area contributed by atoms with Crippen LogP contribution < -0.4 is 14.9 Å². The molecule has 31 heavy (non-hydrogen) atoms. The zero-order valence-electron chi connectivity index (χ0n) is 17.4. The molecule has 0 aliphatic heterocycles. The van der Waals surface area contributed by atoms with Gasteiger partial charge in [-0.05, 0) is 55.5 Å². The van der Waals surface area contributed by atoms with Gasteiger partial charge in [0.1, 0.15) is 0 Å². The first-order valence-corrected chi connectivity index (χ1v) is 11.0. The Hall–Kier alpha value is -3.65. The van der Waals surface area contributed by atoms with Crippen LogP contribution in [-0.4, -0.2) is 27.3 Å². The standard InChI is InChI=1S/C23H23N3O4S/c1-16-10-12-21(13-11-16)26(3)31(29,30)22-9-4-6-18(14-22)23(28)25-20-8-5-7-19(15-20)24-17(2)27/h4-15H,1-3H3,(H,24,27)(H,25,28). The lowest BCUT2D eigenvalue weighted by atomic mass is 10.2. The quantitative estimate of drug-likeness (QED) is 0.609. The molecule has 0 aromatic heterocycles. The van der Waals surface area contributed by atoms with Crippen molar-refractivity contribution in [2.45, 2.75) is 18.7 Å². The molecule has 0 bridgehead atoms. The first-order valence-electron chi connectivity index (χ1n) is 9.51. The van der Waals surface area contributed by atoms with E-state index in [1.165, 1.54) is 42.5 Å².